The van der Waals surface area contributed by atoms with Crippen LogP contribution in [0.1, 0.15) is 26.2 Å². The molecule has 0 aliphatic carbocycles. The van der Waals surface area contributed by atoms with Gasteiger partial charge in [-0.2, -0.15) is 0 Å². The maximum atomic E-state index is 11.1. The minimum Gasteiger partial charge on any atom is -0.377 e. The average Bonchev–Trinajstić information content (AvgIpc) is 2.29. The smallest absolute Gasteiger partial charge is 0.234 e. The second-order valence-electron chi connectivity index (χ2n) is 5.07. The summed E-state index contributed by atoms with van der Waals surface area (Å²) in [5, 5.41) is 2.94. The van der Waals surface area contributed by atoms with Gasteiger partial charge in [0.25, 0.3) is 0 Å². The first-order valence-corrected chi connectivity index (χ1v) is 6.25. The molecule has 1 fully saturated rings. The Morgan fingerprint density at radius 1 is 1.65 bits per heavy atom. The lowest BCUT2D eigenvalue weighted by Gasteiger charge is -2.39. The lowest BCUT2D eigenvalue weighted by Crippen LogP contribution is -2.49. The summed E-state index contributed by atoms with van der Waals surface area (Å²) in [5.74, 6) is -0.279. The molecule has 0 radical (unpaired) electrons. The van der Waals surface area contributed by atoms with E-state index >= 15 is 0 Å². The van der Waals surface area contributed by atoms with Gasteiger partial charge in [-0.05, 0) is 39.8 Å². The first-order chi connectivity index (χ1) is 8.00. The van der Waals surface area contributed by atoms with Crippen molar-refractivity contribution in [2.45, 2.75) is 37.8 Å². The molecule has 5 heteroatoms. The maximum absolute atomic E-state index is 11.1. The number of ether oxygens (including phenoxy) is 1. The summed E-state index contributed by atoms with van der Waals surface area (Å²) in [6, 6.07) is -0.231. The minimum absolute atomic E-state index is 0.0416. The van der Waals surface area contributed by atoms with Crippen molar-refractivity contribution < 1.29 is 9.53 Å². The van der Waals surface area contributed by atoms with Gasteiger partial charge in [-0.3, -0.25) is 4.79 Å². The normalized spacial score (nSPS) is 27.9. The Balaban J connectivity index is 2.39. The summed E-state index contributed by atoms with van der Waals surface area (Å²) in [6.45, 7) is 5.03. The molecular weight excluding hydrogens is 218 g/mol. The third-order valence-corrected chi connectivity index (χ3v) is 3.66. The van der Waals surface area contributed by atoms with Gasteiger partial charge < -0.3 is 20.7 Å². The number of likely N-dealkylation sites (N-methyl/N-ethyl adjacent to an activating group) is 1. The predicted molar refractivity (Wildman–Crippen MR) is 67.7 cm³/mol. The van der Waals surface area contributed by atoms with Gasteiger partial charge in [0.15, 0.2) is 0 Å². The summed E-state index contributed by atoms with van der Waals surface area (Å²) in [6.07, 6.45) is 3.00. The van der Waals surface area contributed by atoms with Crippen molar-refractivity contribution in [3.05, 3.63) is 0 Å². The number of hydrogen-bond donors (Lipinski definition) is 2. The highest BCUT2D eigenvalue weighted by Gasteiger charge is 2.30. The molecule has 3 N–H and O–H groups in total. The van der Waals surface area contributed by atoms with Crippen LogP contribution in [0.4, 0.5) is 0 Å². The van der Waals surface area contributed by atoms with Crippen molar-refractivity contribution in [1.82, 2.24) is 10.2 Å². The Bertz CT molecular complexity index is 260. The third-order valence-electron chi connectivity index (χ3n) is 3.66. The number of hydrogen-bond acceptors (Lipinski definition) is 4. The zero-order valence-corrected chi connectivity index (χ0v) is 11.2. The van der Waals surface area contributed by atoms with Crippen molar-refractivity contribution in [2.75, 3.05) is 33.8 Å². The van der Waals surface area contributed by atoms with Gasteiger partial charge in [0.1, 0.15) is 0 Å². The molecule has 0 saturated carbocycles. The number of methoxy groups -OCH3 is 1. The maximum Gasteiger partial charge on any atom is 0.234 e. The predicted octanol–water partition coefficient (Wildman–Crippen LogP) is -0.0493. The largest absolute Gasteiger partial charge is 0.377 e. The van der Waals surface area contributed by atoms with Gasteiger partial charge in [0.2, 0.25) is 5.91 Å². The van der Waals surface area contributed by atoms with Gasteiger partial charge in [-0.25, -0.2) is 0 Å². The second kappa shape index (κ2) is 6.33. The van der Waals surface area contributed by atoms with E-state index in [1.807, 2.05) is 0 Å². The highest BCUT2D eigenvalue weighted by Crippen LogP contribution is 2.23. The molecule has 1 amide bonds. The van der Waals surface area contributed by atoms with Crippen LogP contribution >= 0.6 is 0 Å². The van der Waals surface area contributed by atoms with Crippen LogP contribution < -0.4 is 11.1 Å². The van der Waals surface area contributed by atoms with E-state index in [-0.39, 0.29) is 17.6 Å². The first kappa shape index (κ1) is 14.4. The van der Waals surface area contributed by atoms with Crippen molar-refractivity contribution >= 4 is 5.91 Å². The number of piperidine rings is 1. The first-order valence-electron chi connectivity index (χ1n) is 6.25. The second-order valence-corrected chi connectivity index (χ2v) is 5.07. The van der Waals surface area contributed by atoms with Crippen LogP contribution in [-0.4, -0.2) is 56.2 Å². The number of nitrogens with two attached hydrogens (primary N) is 1. The van der Waals surface area contributed by atoms with Crippen LogP contribution in [0.25, 0.3) is 0 Å². The zero-order chi connectivity index (χ0) is 12.9. The van der Waals surface area contributed by atoms with Gasteiger partial charge in [0.05, 0.1) is 11.6 Å². The highest BCUT2D eigenvalue weighted by molar-refractivity contribution is 5.79. The minimum atomic E-state index is -0.279. The summed E-state index contributed by atoms with van der Waals surface area (Å²) >= 11 is 0. The number of amides is 1. The van der Waals surface area contributed by atoms with Crippen molar-refractivity contribution in [1.29, 1.82) is 0 Å². The van der Waals surface area contributed by atoms with Crippen LogP contribution in [0, 0.1) is 0 Å². The van der Waals surface area contributed by atoms with E-state index < -0.39 is 0 Å². The Hall–Kier alpha value is -0.650. The highest BCUT2D eigenvalue weighted by atomic mass is 16.5. The molecule has 1 heterocycles. The number of carbonyl (C=O) groups is 1. The molecule has 0 spiro atoms. The van der Waals surface area contributed by atoms with E-state index in [0.29, 0.717) is 0 Å². The molecule has 0 aromatic heterocycles. The van der Waals surface area contributed by atoms with Crippen LogP contribution in [0.5, 0.6) is 0 Å². The number of nitrogens with zero attached hydrogens (tertiary/aromatic N) is 1. The van der Waals surface area contributed by atoms with Crippen LogP contribution in [0.3, 0.4) is 0 Å². The van der Waals surface area contributed by atoms with Crippen LogP contribution in [0.15, 0.2) is 0 Å². The van der Waals surface area contributed by atoms with E-state index in [2.05, 4.69) is 17.1 Å². The van der Waals surface area contributed by atoms with E-state index in [1.165, 1.54) is 0 Å². The van der Waals surface area contributed by atoms with Crippen molar-refractivity contribution in [2.24, 2.45) is 5.73 Å². The third kappa shape index (κ3) is 4.26. The van der Waals surface area contributed by atoms with Crippen LogP contribution in [0.2, 0.25) is 0 Å². The van der Waals surface area contributed by atoms with Crippen molar-refractivity contribution in [3.63, 3.8) is 0 Å². The molecule has 2 atom stereocenters. The Morgan fingerprint density at radius 2 is 2.35 bits per heavy atom. The molecule has 0 aromatic rings. The molecule has 5 nitrogen and oxygen atoms in total. The average molecular weight is 243 g/mol. The number of rotatable bonds is 6. The number of likely N-dealkylation sites (tertiary alicyclic amines) is 1. The molecule has 0 bridgehead atoms. The summed E-state index contributed by atoms with van der Waals surface area (Å²) in [5.41, 5.74) is 5.26. The monoisotopic (exact) mass is 243 g/mol. The molecule has 1 rings (SSSR count). The quantitative estimate of drug-likeness (QED) is 0.686. The number of primary amides is 1. The van der Waals surface area contributed by atoms with Gasteiger partial charge in [-0.1, -0.05) is 0 Å². The molecule has 17 heavy (non-hydrogen) atoms. The molecule has 1 saturated heterocycles. The van der Waals surface area contributed by atoms with Gasteiger partial charge >= 0.3 is 0 Å². The standard InChI is InChI=1S/C12H25N3O2/c1-12(17-3)6-4-7-15(9-12)8-5-10(14-2)11(13)16/h10,14H,4-9H2,1-3H3,(H2,13,16). The SMILES string of the molecule is CNC(CCN1CCCC(C)(OC)C1)C(N)=O. The molecule has 1 aliphatic heterocycles. The van der Waals surface area contributed by atoms with Crippen LogP contribution in [-0.2, 0) is 9.53 Å². The molecule has 0 aromatic carbocycles. The zero-order valence-electron chi connectivity index (χ0n) is 11.2. The molecular formula is C12H25N3O2. The Kier molecular flexibility index (Phi) is 5.36. The topological polar surface area (TPSA) is 67.6 Å². The number of nitrogens with one attached hydrogen (secondary N) is 1. The Labute approximate surface area is 104 Å². The molecule has 1 aliphatic rings. The summed E-state index contributed by atoms with van der Waals surface area (Å²) < 4.78 is 5.54. The van der Waals surface area contributed by atoms with Crippen molar-refractivity contribution in [3.8, 4) is 0 Å². The van der Waals surface area contributed by atoms with E-state index in [0.717, 1.165) is 38.9 Å². The number of carbonyl (C=O) groups excluding carboxylic acids is 1. The fraction of sp³-hybridized carbons (Fsp3) is 0.917. The molecule has 100 valence electrons. The van der Waals surface area contributed by atoms with Gasteiger partial charge in [-0.15, -0.1) is 0 Å². The van der Waals surface area contributed by atoms with E-state index in [1.54, 1.807) is 14.2 Å². The molecule has 2 unspecified atom stereocenters. The van der Waals surface area contributed by atoms with Gasteiger partial charge in [0, 0.05) is 20.2 Å². The lowest BCUT2D eigenvalue weighted by molar-refractivity contribution is -0.120. The van der Waals surface area contributed by atoms with E-state index in [4.69, 9.17) is 10.5 Å². The summed E-state index contributed by atoms with van der Waals surface area (Å²) in [4.78, 5) is 13.5. The fourth-order valence-electron chi connectivity index (χ4n) is 2.41. The Morgan fingerprint density at radius 3 is 2.88 bits per heavy atom. The summed E-state index contributed by atoms with van der Waals surface area (Å²) in [7, 11) is 3.54. The lowest BCUT2D eigenvalue weighted by atomic mass is 9.94. The fourth-order valence-corrected chi connectivity index (χ4v) is 2.41. The van der Waals surface area contributed by atoms with E-state index in [9.17, 15) is 4.79 Å².